The number of rotatable bonds is 9. The number of primary amides is 1. The van der Waals surface area contributed by atoms with Crippen LogP contribution in [-0.2, 0) is 11.3 Å². The molecular formula is C14H24Cl3N3O2. The van der Waals surface area contributed by atoms with Gasteiger partial charge in [-0.15, -0.1) is 24.8 Å². The number of hydrogen-bond donors (Lipinski definition) is 2. The van der Waals surface area contributed by atoms with Gasteiger partial charge in [-0.2, -0.15) is 0 Å². The quantitative estimate of drug-likeness (QED) is 0.651. The van der Waals surface area contributed by atoms with Crippen molar-refractivity contribution < 1.29 is 9.53 Å². The lowest BCUT2D eigenvalue weighted by Gasteiger charge is -2.13. The van der Waals surface area contributed by atoms with Crippen molar-refractivity contribution in [2.45, 2.75) is 13.0 Å². The van der Waals surface area contributed by atoms with E-state index in [0.29, 0.717) is 17.3 Å². The number of ether oxygens (including phenoxy) is 1. The van der Waals surface area contributed by atoms with E-state index in [1.165, 1.54) is 0 Å². The minimum absolute atomic E-state index is 0. The van der Waals surface area contributed by atoms with Crippen molar-refractivity contribution in [3.8, 4) is 5.75 Å². The summed E-state index contributed by atoms with van der Waals surface area (Å²) in [5.41, 5.74) is 6.00. The summed E-state index contributed by atoms with van der Waals surface area (Å²) in [6.45, 7) is 2.45. The number of carbonyl (C=O) groups is 1. The summed E-state index contributed by atoms with van der Waals surface area (Å²) in [6, 6.07) is 5.31. The third kappa shape index (κ3) is 10.1. The third-order valence-corrected chi connectivity index (χ3v) is 2.90. The molecule has 0 saturated heterocycles. The molecule has 0 aliphatic rings. The molecule has 5 nitrogen and oxygen atoms in total. The second-order valence-corrected chi connectivity index (χ2v) is 5.28. The number of nitrogens with zero attached hydrogens (tertiary/aromatic N) is 1. The Hall–Kier alpha value is -0.720. The summed E-state index contributed by atoms with van der Waals surface area (Å²) < 4.78 is 5.37. The molecule has 22 heavy (non-hydrogen) atoms. The average molecular weight is 373 g/mol. The Morgan fingerprint density at radius 3 is 2.64 bits per heavy atom. The van der Waals surface area contributed by atoms with Crippen LogP contribution in [0.4, 0.5) is 0 Å². The minimum atomic E-state index is -0.496. The van der Waals surface area contributed by atoms with Crippen molar-refractivity contribution in [3.63, 3.8) is 0 Å². The van der Waals surface area contributed by atoms with E-state index in [4.69, 9.17) is 22.1 Å². The maximum Gasteiger partial charge on any atom is 0.255 e. The number of hydrogen-bond acceptors (Lipinski definition) is 4. The topological polar surface area (TPSA) is 67.6 Å². The van der Waals surface area contributed by atoms with Crippen LogP contribution in [0, 0.1) is 0 Å². The lowest BCUT2D eigenvalue weighted by molar-refractivity contribution is -0.119. The van der Waals surface area contributed by atoms with Gasteiger partial charge in [0.15, 0.2) is 6.61 Å². The van der Waals surface area contributed by atoms with Crippen molar-refractivity contribution in [3.05, 3.63) is 28.8 Å². The molecule has 1 amide bonds. The Morgan fingerprint density at radius 2 is 2.05 bits per heavy atom. The summed E-state index contributed by atoms with van der Waals surface area (Å²) in [5.74, 6) is 0.137. The van der Waals surface area contributed by atoms with E-state index in [1.54, 1.807) is 12.1 Å². The molecule has 8 heteroatoms. The molecule has 1 aromatic rings. The van der Waals surface area contributed by atoms with E-state index in [0.717, 1.165) is 25.1 Å². The summed E-state index contributed by atoms with van der Waals surface area (Å²) in [4.78, 5) is 12.9. The normalized spacial score (nSPS) is 9.82. The summed E-state index contributed by atoms with van der Waals surface area (Å²) in [5, 5.41) is 3.97. The predicted molar refractivity (Wildman–Crippen MR) is 95.5 cm³/mol. The van der Waals surface area contributed by atoms with Gasteiger partial charge in [0.05, 0.1) is 0 Å². The Bertz CT molecular complexity index is 445. The zero-order valence-electron chi connectivity index (χ0n) is 12.8. The molecule has 0 radical (unpaired) electrons. The third-order valence-electron chi connectivity index (χ3n) is 2.67. The molecule has 0 heterocycles. The molecule has 1 aromatic carbocycles. The van der Waals surface area contributed by atoms with Crippen LogP contribution in [0.15, 0.2) is 18.2 Å². The number of nitrogens with two attached hydrogens (primary N) is 1. The van der Waals surface area contributed by atoms with Gasteiger partial charge < -0.3 is 20.7 Å². The first-order valence-electron chi connectivity index (χ1n) is 6.54. The van der Waals surface area contributed by atoms with E-state index in [-0.39, 0.29) is 31.4 Å². The molecule has 0 atom stereocenters. The standard InChI is InChI=1S/C14H22ClN3O2.2ClH/c1-18(2)7-3-6-17-9-11-8-12(15)4-5-13(11)20-10-14(16)19;;/h4-5,8,17H,3,6-7,9-10H2,1-2H3,(H2,16,19);2*1H. The summed E-state index contributed by atoms with van der Waals surface area (Å²) >= 11 is 5.98. The van der Waals surface area contributed by atoms with Crippen LogP contribution in [-0.4, -0.2) is 44.6 Å². The highest BCUT2D eigenvalue weighted by Crippen LogP contribution is 2.22. The molecule has 0 bridgehead atoms. The first-order valence-corrected chi connectivity index (χ1v) is 6.92. The zero-order chi connectivity index (χ0) is 15.0. The smallest absolute Gasteiger partial charge is 0.255 e. The van der Waals surface area contributed by atoms with Crippen molar-refractivity contribution in [1.29, 1.82) is 0 Å². The maximum absolute atomic E-state index is 10.8. The molecular weight excluding hydrogens is 349 g/mol. The van der Waals surface area contributed by atoms with Crippen molar-refractivity contribution in [2.75, 3.05) is 33.8 Å². The minimum Gasteiger partial charge on any atom is -0.483 e. The summed E-state index contributed by atoms with van der Waals surface area (Å²) in [7, 11) is 4.10. The molecule has 0 aliphatic carbocycles. The lowest BCUT2D eigenvalue weighted by atomic mass is 10.2. The molecule has 3 N–H and O–H groups in total. The first kappa shape index (κ1) is 23.5. The fourth-order valence-corrected chi connectivity index (χ4v) is 1.91. The highest BCUT2D eigenvalue weighted by atomic mass is 35.5. The second-order valence-electron chi connectivity index (χ2n) is 4.84. The number of halogens is 3. The first-order chi connectivity index (χ1) is 9.49. The Morgan fingerprint density at radius 1 is 1.36 bits per heavy atom. The number of benzene rings is 1. The van der Waals surface area contributed by atoms with Crippen LogP contribution in [0.25, 0.3) is 0 Å². The molecule has 1 rings (SSSR count). The van der Waals surface area contributed by atoms with Gasteiger partial charge in [-0.3, -0.25) is 4.79 Å². The van der Waals surface area contributed by atoms with Crippen LogP contribution >= 0.6 is 36.4 Å². The zero-order valence-corrected chi connectivity index (χ0v) is 15.2. The summed E-state index contributed by atoms with van der Waals surface area (Å²) in [6.07, 6.45) is 1.06. The Kier molecular flexibility index (Phi) is 13.7. The Labute approximate surface area is 149 Å². The molecule has 0 spiro atoms. The number of nitrogens with one attached hydrogen (secondary N) is 1. The van der Waals surface area contributed by atoms with Gasteiger partial charge in [0, 0.05) is 17.1 Å². The van der Waals surface area contributed by atoms with E-state index in [2.05, 4.69) is 10.2 Å². The van der Waals surface area contributed by atoms with Crippen LogP contribution < -0.4 is 15.8 Å². The van der Waals surface area contributed by atoms with E-state index < -0.39 is 5.91 Å². The lowest BCUT2D eigenvalue weighted by Crippen LogP contribution is -2.22. The van der Waals surface area contributed by atoms with Crippen LogP contribution in [0.1, 0.15) is 12.0 Å². The predicted octanol–water partition coefficient (Wildman–Crippen LogP) is 2.09. The van der Waals surface area contributed by atoms with Crippen molar-refractivity contribution in [2.24, 2.45) is 5.73 Å². The van der Waals surface area contributed by atoms with Gasteiger partial charge in [0.2, 0.25) is 0 Å². The molecule has 0 fully saturated rings. The van der Waals surface area contributed by atoms with Crippen LogP contribution in [0.2, 0.25) is 5.02 Å². The second kappa shape index (κ2) is 12.8. The monoisotopic (exact) mass is 371 g/mol. The van der Waals surface area contributed by atoms with Gasteiger partial charge in [0.25, 0.3) is 5.91 Å². The number of amides is 1. The van der Waals surface area contributed by atoms with E-state index in [9.17, 15) is 4.79 Å². The van der Waals surface area contributed by atoms with Crippen LogP contribution in [0.5, 0.6) is 5.75 Å². The van der Waals surface area contributed by atoms with Gasteiger partial charge in [-0.1, -0.05) is 11.6 Å². The largest absolute Gasteiger partial charge is 0.483 e. The fraction of sp³-hybridized carbons (Fsp3) is 0.500. The van der Waals surface area contributed by atoms with Crippen molar-refractivity contribution >= 4 is 42.3 Å². The van der Waals surface area contributed by atoms with Crippen LogP contribution in [0.3, 0.4) is 0 Å². The van der Waals surface area contributed by atoms with Gasteiger partial charge in [0.1, 0.15) is 5.75 Å². The van der Waals surface area contributed by atoms with Gasteiger partial charge >= 0.3 is 0 Å². The molecule has 0 saturated carbocycles. The fourth-order valence-electron chi connectivity index (χ4n) is 1.72. The maximum atomic E-state index is 10.8. The van der Waals surface area contributed by atoms with Gasteiger partial charge in [-0.25, -0.2) is 0 Å². The molecule has 0 aromatic heterocycles. The van der Waals surface area contributed by atoms with E-state index >= 15 is 0 Å². The van der Waals surface area contributed by atoms with E-state index in [1.807, 2.05) is 20.2 Å². The number of carbonyl (C=O) groups excluding carboxylic acids is 1. The van der Waals surface area contributed by atoms with Gasteiger partial charge in [-0.05, 0) is 51.8 Å². The van der Waals surface area contributed by atoms with Crippen molar-refractivity contribution in [1.82, 2.24) is 10.2 Å². The molecule has 0 unspecified atom stereocenters. The Balaban J connectivity index is 0. The SMILES string of the molecule is CN(C)CCCNCc1cc(Cl)ccc1OCC(N)=O.Cl.Cl. The molecule has 0 aliphatic heterocycles. The highest BCUT2D eigenvalue weighted by Gasteiger charge is 2.06. The average Bonchev–Trinajstić information content (AvgIpc) is 2.36. The highest BCUT2D eigenvalue weighted by molar-refractivity contribution is 6.30. The molecule has 128 valence electrons.